The predicted octanol–water partition coefficient (Wildman–Crippen LogP) is 9.26. The topological polar surface area (TPSA) is 32.0 Å². The van der Waals surface area contributed by atoms with Crippen LogP contribution in [0.15, 0.2) is 121 Å². The largest absolute Gasteiger partial charge is 0.485 e. The number of aromatic nitrogens is 3. The van der Waals surface area contributed by atoms with Gasteiger partial charge in [-0.05, 0) is 48.6 Å². The number of thiazole rings is 1. The minimum Gasteiger partial charge on any atom is -0.485 e. The standard InChI is InChI=1S/C37H23N3OS/c1-2-10-22(11-3-1)39-27-15-7-4-12-23(27)24-18-19-29-33(36(24)39)25-13-5-8-16-28(25)40(29)37-38-35-32(42-37)21-20-31-34(35)26-14-6-9-17-30(26)41-31/h1-21,31,34H. The van der Waals surface area contributed by atoms with E-state index in [1.807, 2.05) is 6.07 Å². The lowest BCUT2D eigenvalue weighted by Gasteiger charge is -2.18. The Labute approximate surface area is 245 Å². The normalized spacial score (nSPS) is 17.1. The van der Waals surface area contributed by atoms with E-state index in [9.17, 15) is 0 Å². The highest BCUT2D eigenvalue weighted by atomic mass is 32.1. The van der Waals surface area contributed by atoms with Crippen LogP contribution in [0, 0.1) is 0 Å². The molecule has 1 aliphatic heterocycles. The lowest BCUT2D eigenvalue weighted by atomic mass is 9.88. The van der Waals surface area contributed by atoms with E-state index in [1.54, 1.807) is 11.3 Å². The SMILES string of the molecule is C1=CC2Oc3ccccc3C2c2nc(-n3c4ccccc4c4c3ccc3c5ccccc5n(-c5ccccc5)c34)sc21. The van der Waals surface area contributed by atoms with E-state index in [2.05, 4.69) is 130 Å². The summed E-state index contributed by atoms with van der Waals surface area (Å²) in [5.74, 6) is 1.08. The van der Waals surface area contributed by atoms with Crippen molar-refractivity contribution in [1.29, 1.82) is 0 Å². The zero-order chi connectivity index (χ0) is 27.4. The van der Waals surface area contributed by atoms with Crippen molar-refractivity contribution in [2.75, 3.05) is 0 Å². The van der Waals surface area contributed by atoms with E-state index >= 15 is 0 Å². The van der Waals surface area contributed by atoms with E-state index in [4.69, 9.17) is 9.72 Å². The molecule has 0 saturated heterocycles. The highest BCUT2D eigenvalue weighted by Crippen LogP contribution is 2.48. The Balaban J connectivity index is 1.30. The molecule has 4 nitrogen and oxygen atoms in total. The average Bonchev–Trinajstić information content (AvgIpc) is 3.79. The lowest BCUT2D eigenvalue weighted by Crippen LogP contribution is -2.20. The molecule has 1 aliphatic carbocycles. The van der Waals surface area contributed by atoms with Crippen LogP contribution >= 0.6 is 11.3 Å². The van der Waals surface area contributed by atoms with Crippen molar-refractivity contribution in [3.63, 3.8) is 0 Å². The fourth-order valence-corrected chi connectivity index (χ4v) is 8.25. The number of nitrogens with zero attached hydrogens (tertiary/aromatic N) is 3. The van der Waals surface area contributed by atoms with E-state index in [-0.39, 0.29) is 12.0 Å². The Hall–Kier alpha value is -5.13. The smallest absolute Gasteiger partial charge is 0.195 e. The molecule has 0 amide bonds. The van der Waals surface area contributed by atoms with Gasteiger partial charge < -0.3 is 9.30 Å². The van der Waals surface area contributed by atoms with Gasteiger partial charge in [0.15, 0.2) is 5.13 Å². The second kappa shape index (κ2) is 8.21. The first-order chi connectivity index (χ1) is 20.8. The molecule has 10 rings (SSSR count). The summed E-state index contributed by atoms with van der Waals surface area (Å²) in [5.41, 5.74) is 8.27. The van der Waals surface area contributed by atoms with Crippen LogP contribution in [0.25, 0.3) is 60.5 Å². The number of rotatable bonds is 2. The van der Waals surface area contributed by atoms with Crippen LogP contribution in [0.1, 0.15) is 22.1 Å². The molecule has 3 aromatic heterocycles. The first kappa shape index (κ1) is 22.5. The van der Waals surface area contributed by atoms with E-state index in [0.717, 1.165) is 22.3 Å². The van der Waals surface area contributed by atoms with Crippen molar-refractivity contribution < 1.29 is 4.74 Å². The fourth-order valence-electron chi connectivity index (χ4n) is 7.20. The summed E-state index contributed by atoms with van der Waals surface area (Å²) >= 11 is 1.76. The van der Waals surface area contributed by atoms with Gasteiger partial charge in [-0.15, -0.1) is 0 Å². The minimum atomic E-state index is -0.01000. The van der Waals surface area contributed by atoms with Gasteiger partial charge >= 0.3 is 0 Å². The monoisotopic (exact) mass is 557 g/mol. The third-order valence-corrected chi connectivity index (χ3v) is 9.94. The predicted molar refractivity (Wildman–Crippen MR) is 173 cm³/mol. The van der Waals surface area contributed by atoms with Crippen LogP contribution in [-0.2, 0) is 0 Å². The molecule has 4 heterocycles. The third-order valence-electron chi connectivity index (χ3n) is 8.92. The summed E-state index contributed by atoms with van der Waals surface area (Å²) in [7, 11) is 0. The first-order valence-electron chi connectivity index (χ1n) is 14.3. The number of ether oxygens (including phenoxy) is 1. The van der Waals surface area contributed by atoms with Gasteiger partial charge in [0.25, 0.3) is 0 Å². The maximum atomic E-state index is 6.31. The second-order valence-electron chi connectivity index (χ2n) is 11.1. The zero-order valence-corrected chi connectivity index (χ0v) is 23.3. The first-order valence-corrected chi connectivity index (χ1v) is 15.1. The number of hydrogen-bond acceptors (Lipinski definition) is 3. The quantitative estimate of drug-likeness (QED) is 0.212. The van der Waals surface area contributed by atoms with Crippen LogP contribution in [0.4, 0.5) is 0 Å². The molecule has 5 aromatic carbocycles. The summed E-state index contributed by atoms with van der Waals surface area (Å²) in [6.45, 7) is 0. The molecule has 0 bridgehead atoms. The van der Waals surface area contributed by atoms with Gasteiger partial charge in [-0.25, -0.2) is 4.98 Å². The van der Waals surface area contributed by atoms with Crippen molar-refractivity contribution in [1.82, 2.24) is 14.1 Å². The number of fused-ring (bicyclic) bond motifs is 12. The molecule has 2 aliphatic rings. The second-order valence-corrected chi connectivity index (χ2v) is 12.1. The highest BCUT2D eigenvalue weighted by molar-refractivity contribution is 7.15. The molecular weight excluding hydrogens is 534 g/mol. The molecule has 2 unspecified atom stereocenters. The third kappa shape index (κ3) is 2.88. The summed E-state index contributed by atoms with van der Waals surface area (Å²) in [6.07, 6.45) is 4.38. The van der Waals surface area contributed by atoms with Gasteiger partial charge in [0.1, 0.15) is 11.9 Å². The van der Waals surface area contributed by atoms with Gasteiger partial charge in [-0.3, -0.25) is 4.57 Å². The van der Waals surface area contributed by atoms with Crippen LogP contribution in [0.3, 0.4) is 0 Å². The van der Waals surface area contributed by atoms with Crippen molar-refractivity contribution in [3.05, 3.63) is 137 Å². The Morgan fingerprint density at radius 2 is 1.38 bits per heavy atom. The van der Waals surface area contributed by atoms with Gasteiger partial charge in [0, 0.05) is 32.8 Å². The Morgan fingerprint density at radius 3 is 2.26 bits per heavy atom. The molecule has 2 atom stereocenters. The van der Waals surface area contributed by atoms with Crippen LogP contribution in [-0.4, -0.2) is 20.2 Å². The highest BCUT2D eigenvalue weighted by Gasteiger charge is 2.39. The van der Waals surface area contributed by atoms with E-state index in [0.29, 0.717) is 0 Å². The Kier molecular flexibility index (Phi) is 4.41. The van der Waals surface area contributed by atoms with Crippen LogP contribution < -0.4 is 4.74 Å². The molecule has 8 aromatic rings. The average molecular weight is 558 g/mol. The summed E-state index contributed by atoms with van der Waals surface area (Å²) in [5, 5.41) is 5.99. The maximum Gasteiger partial charge on any atom is 0.195 e. The summed E-state index contributed by atoms with van der Waals surface area (Å²) in [4.78, 5) is 6.59. The molecule has 0 radical (unpaired) electrons. The lowest BCUT2D eigenvalue weighted by molar-refractivity contribution is 0.266. The van der Waals surface area contributed by atoms with Gasteiger partial charge in [0.2, 0.25) is 0 Å². The van der Waals surface area contributed by atoms with E-state index < -0.39 is 0 Å². The molecule has 42 heavy (non-hydrogen) atoms. The van der Waals surface area contributed by atoms with Crippen LogP contribution in [0.2, 0.25) is 0 Å². The summed E-state index contributed by atoms with van der Waals surface area (Å²) in [6, 6.07) is 41.2. The van der Waals surface area contributed by atoms with Crippen molar-refractivity contribution in [2.24, 2.45) is 0 Å². The van der Waals surface area contributed by atoms with Gasteiger partial charge in [0.05, 0.1) is 38.6 Å². The van der Waals surface area contributed by atoms with E-state index in [1.165, 1.54) is 54.1 Å². The molecule has 0 N–H and O–H groups in total. The fraction of sp³-hybridized carbons (Fsp3) is 0.0541. The molecular formula is C37H23N3OS. The zero-order valence-electron chi connectivity index (χ0n) is 22.4. The number of benzene rings is 5. The number of para-hydroxylation sites is 4. The van der Waals surface area contributed by atoms with Gasteiger partial charge in [-0.1, -0.05) is 90.2 Å². The molecule has 0 saturated carbocycles. The molecule has 0 fully saturated rings. The molecule has 5 heteroatoms. The Bertz CT molecular complexity index is 2410. The van der Waals surface area contributed by atoms with Crippen molar-refractivity contribution in [2.45, 2.75) is 12.0 Å². The van der Waals surface area contributed by atoms with Crippen molar-refractivity contribution in [3.8, 4) is 16.6 Å². The molecule has 198 valence electrons. The van der Waals surface area contributed by atoms with Gasteiger partial charge in [-0.2, -0.15) is 0 Å². The minimum absolute atomic E-state index is 0.01000. The Morgan fingerprint density at radius 1 is 0.643 bits per heavy atom. The van der Waals surface area contributed by atoms with Crippen LogP contribution in [0.5, 0.6) is 5.75 Å². The van der Waals surface area contributed by atoms with Crippen molar-refractivity contribution >= 4 is 61.0 Å². The summed E-state index contributed by atoms with van der Waals surface area (Å²) < 4.78 is 11.1. The molecule has 0 spiro atoms. The number of hydrogen-bond donors (Lipinski definition) is 0. The maximum absolute atomic E-state index is 6.31.